The van der Waals surface area contributed by atoms with Gasteiger partial charge >= 0.3 is 0 Å². The van der Waals surface area contributed by atoms with E-state index in [2.05, 4.69) is 58.1 Å². The maximum Gasteiger partial charge on any atom is 0.0323 e. The van der Waals surface area contributed by atoms with E-state index < -0.39 is 0 Å². The van der Waals surface area contributed by atoms with Crippen molar-refractivity contribution in [3.8, 4) is 0 Å². The number of rotatable bonds is 3. The molecule has 0 saturated carbocycles. The van der Waals surface area contributed by atoms with E-state index in [0.29, 0.717) is 12.0 Å². The monoisotopic (exact) mass is 259 g/mol. The summed E-state index contributed by atoms with van der Waals surface area (Å²) in [5, 5.41) is 3.73. The van der Waals surface area contributed by atoms with Gasteiger partial charge in [0, 0.05) is 6.04 Å². The molecule has 0 amide bonds. The van der Waals surface area contributed by atoms with Crippen molar-refractivity contribution in [2.45, 2.75) is 71.3 Å². The lowest BCUT2D eigenvalue weighted by Gasteiger charge is -2.32. The standard InChI is InChI=1S/C18H29N/c1-6-11-19-17-10-7-13(2)15-9-8-14(12-16(15)17)18(3,4)5/h8-9,12-13,17,19H,6-7,10-11H2,1-5H3. The topological polar surface area (TPSA) is 12.0 Å². The van der Waals surface area contributed by atoms with Crippen molar-refractivity contribution in [1.82, 2.24) is 5.32 Å². The fourth-order valence-electron chi connectivity index (χ4n) is 3.05. The van der Waals surface area contributed by atoms with E-state index in [1.165, 1.54) is 24.8 Å². The summed E-state index contributed by atoms with van der Waals surface area (Å²) < 4.78 is 0. The molecule has 1 nitrogen and oxygen atoms in total. The number of fused-ring (bicyclic) bond motifs is 1. The van der Waals surface area contributed by atoms with Gasteiger partial charge in [0.25, 0.3) is 0 Å². The molecule has 1 aliphatic rings. The van der Waals surface area contributed by atoms with Gasteiger partial charge in [-0.3, -0.25) is 0 Å². The van der Waals surface area contributed by atoms with E-state index in [1.807, 2.05) is 0 Å². The molecule has 0 radical (unpaired) electrons. The molecule has 2 atom stereocenters. The first-order valence-corrected chi connectivity index (χ1v) is 7.81. The fourth-order valence-corrected chi connectivity index (χ4v) is 3.05. The van der Waals surface area contributed by atoms with Crippen molar-refractivity contribution >= 4 is 0 Å². The van der Waals surface area contributed by atoms with Crippen molar-refractivity contribution in [3.05, 3.63) is 34.9 Å². The summed E-state index contributed by atoms with van der Waals surface area (Å²) in [5.41, 5.74) is 4.82. The first-order chi connectivity index (χ1) is 8.93. The number of hydrogen-bond acceptors (Lipinski definition) is 1. The normalized spacial score (nSPS) is 23.2. The van der Waals surface area contributed by atoms with Crippen LogP contribution in [0, 0.1) is 0 Å². The van der Waals surface area contributed by atoms with Gasteiger partial charge in [0.15, 0.2) is 0 Å². The van der Waals surface area contributed by atoms with Crippen molar-refractivity contribution in [2.75, 3.05) is 6.54 Å². The molecular weight excluding hydrogens is 230 g/mol. The SMILES string of the molecule is CCCNC1CCC(C)c2ccc(C(C)(C)C)cc21. The molecule has 106 valence electrons. The zero-order valence-electron chi connectivity index (χ0n) is 13.2. The molecule has 1 aromatic rings. The van der Waals surface area contributed by atoms with E-state index in [0.717, 1.165) is 6.54 Å². The molecule has 2 rings (SSSR count). The average molecular weight is 259 g/mol. The third-order valence-electron chi connectivity index (χ3n) is 4.39. The predicted octanol–water partition coefficient (Wildman–Crippen LogP) is 4.92. The van der Waals surface area contributed by atoms with Gasteiger partial charge in [-0.1, -0.05) is 52.8 Å². The maximum absolute atomic E-state index is 3.73. The Morgan fingerprint density at radius 1 is 1.16 bits per heavy atom. The molecule has 0 spiro atoms. The van der Waals surface area contributed by atoms with E-state index in [9.17, 15) is 0 Å². The molecule has 1 heteroatoms. The average Bonchev–Trinajstić information content (AvgIpc) is 2.37. The smallest absolute Gasteiger partial charge is 0.0323 e. The second-order valence-electron chi connectivity index (χ2n) is 7.08. The Morgan fingerprint density at radius 2 is 1.89 bits per heavy atom. The summed E-state index contributed by atoms with van der Waals surface area (Å²) in [4.78, 5) is 0. The van der Waals surface area contributed by atoms with Crippen LogP contribution in [0.5, 0.6) is 0 Å². The van der Waals surface area contributed by atoms with Crippen molar-refractivity contribution < 1.29 is 0 Å². The van der Waals surface area contributed by atoms with E-state index >= 15 is 0 Å². The number of nitrogens with one attached hydrogen (secondary N) is 1. The Balaban J connectivity index is 2.36. The van der Waals surface area contributed by atoms with Gasteiger partial charge in [0.2, 0.25) is 0 Å². The van der Waals surface area contributed by atoms with Gasteiger partial charge in [0.05, 0.1) is 0 Å². The van der Waals surface area contributed by atoms with Crippen LogP contribution in [0.3, 0.4) is 0 Å². The van der Waals surface area contributed by atoms with Gasteiger partial charge in [-0.2, -0.15) is 0 Å². The first-order valence-electron chi connectivity index (χ1n) is 7.81. The Bertz CT molecular complexity index is 428. The number of benzene rings is 1. The van der Waals surface area contributed by atoms with Gasteiger partial charge in [0.1, 0.15) is 0 Å². The molecule has 0 aromatic heterocycles. The van der Waals surface area contributed by atoms with Crippen LogP contribution in [0.1, 0.15) is 82.5 Å². The van der Waals surface area contributed by atoms with Gasteiger partial charge in [-0.15, -0.1) is 0 Å². The van der Waals surface area contributed by atoms with Crippen molar-refractivity contribution in [2.24, 2.45) is 0 Å². The molecule has 1 aromatic carbocycles. The fraction of sp³-hybridized carbons (Fsp3) is 0.667. The second kappa shape index (κ2) is 5.66. The molecule has 0 bridgehead atoms. The molecule has 1 N–H and O–H groups in total. The number of hydrogen-bond donors (Lipinski definition) is 1. The lowest BCUT2D eigenvalue weighted by molar-refractivity contribution is 0.431. The molecule has 19 heavy (non-hydrogen) atoms. The summed E-state index contributed by atoms with van der Waals surface area (Å²) in [7, 11) is 0. The maximum atomic E-state index is 3.73. The molecule has 0 aliphatic heterocycles. The minimum Gasteiger partial charge on any atom is -0.310 e. The van der Waals surface area contributed by atoms with Crippen LogP contribution in [0.15, 0.2) is 18.2 Å². The zero-order valence-corrected chi connectivity index (χ0v) is 13.2. The third kappa shape index (κ3) is 3.20. The minimum absolute atomic E-state index is 0.241. The van der Waals surface area contributed by atoms with Gasteiger partial charge < -0.3 is 5.32 Å². The summed E-state index contributed by atoms with van der Waals surface area (Å²) in [6.07, 6.45) is 3.80. The van der Waals surface area contributed by atoms with E-state index in [-0.39, 0.29) is 5.41 Å². The lowest BCUT2D eigenvalue weighted by Crippen LogP contribution is -2.27. The van der Waals surface area contributed by atoms with Gasteiger partial charge in [-0.25, -0.2) is 0 Å². The quantitative estimate of drug-likeness (QED) is 0.812. The summed E-state index contributed by atoms with van der Waals surface area (Å²) in [6.45, 7) is 12.6. The van der Waals surface area contributed by atoms with Crippen LogP contribution >= 0.6 is 0 Å². The molecule has 0 heterocycles. The van der Waals surface area contributed by atoms with Crippen LogP contribution in [0.4, 0.5) is 0 Å². The molecule has 0 fully saturated rings. The molecule has 2 unspecified atom stereocenters. The molecule has 1 aliphatic carbocycles. The van der Waals surface area contributed by atoms with Crippen molar-refractivity contribution in [3.63, 3.8) is 0 Å². The largest absolute Gasteiger partial charge is 0.310 e. The van der Waals surface area contributed by atoms with Crippen LogP contribution < -0.4 is 5.32 Å². The molecule has 0 saturated heterocycles. The summed E-state index contributed by atoms with van der Waals surface area (Å²) >= 11 is 0. The summed E-state index contributed by atoms with van der Waals surface area (Å²) in [5.74, 6) is 0.712. The van der Waals surface area contributed by atoms with Crippen LogP contribution in [-0.2, 0) is 5.41 Å². The first kappa shape index (κ1) is 14.6. The van der Waals surface area contributed by atoms with Crippen LogP contribution in [0.2, 0.25) is 0 Å². The van der Waals surface area contributed by atoms with Crippen LogP contribution in [0.25, 0.3) is 0 Å². The highest BCUT2D eigenvalue weighted by Gasteiger charge is 2.26. The zero-order chi connectivity index (χ0) is 14.0. The Morgan fingerprint density at radius 3 is 2.53 bits per heavy atom. The van der Waals surface area contributed by atoms with Crippen LogP contribution in [-0.4, -0.2) is 6.54 Å². The Kier molecular flexibility index (Phi) is 4.35. The van der Waals surface area contributed by atoms with Gasteiger partial charge in [-0.05, 0) is 53.8 Å². The minimum atomic E-state index is 0.241. The second-order valence-corrected chi connectivity index (χ2v) is 7.08. The Labute approximate surface area is 118 Å². The highest BCUT2D eigenvalue weighted by Crippen LogP contribution is 2.39. The lowest BCUT2D eigenvalue weighted by atomic mass is 9.77. The third-order valence-corrected chi connectivity index (χ3v) is 4.39. The van der Waals surface area contributed by atoms with E-state index in [4.69, 9.17) is 0 Å². The molecular formula is C18H29N. The van der Waals surface area contributed by atoms with Crippen molar-refractivity contribution in [1.29, 1.82) is 0 Å². The highest BCUT2D eigenvalue weighted by atomic mass is 14.9. The Hall–Kier alpha value is -0.820. The summed E-state index contributed by atoms with van der Waals surface area (Å²) in [6, 6.07) is 7.73. The highest BCUT2D eigenvalue weighted by molar-refractivity contribution is 5.40. The van der Waals surface area contributed by atoms with E-state index in [1.54, 1.807) is 11.1 Å². The predicted molar refractivity (Wildman–Crippen MR) is 83.8 cm³/mol.